The number of rotatable bonds is 9. The number of anilines is 1. The molecule has 3 aromatic carbocycles. The number of nitrogens with zero attached hydrogens (tertiary/aromatic N) is 1. The van der Waals surface area contributed by atoms with E-state index < -0.39 is 23.8 Å². The van der Waals surface area contributed by atoms with Gasteiger partial charge in [-0.2, -0.15) is 0 Å². The van der Waals surface area contributed by atoms with Gasteiger partial charge in [0.25, 0.3) is 5.91 Å². The summed E-state index contributed by atoms with van der Waals surface area (Å²) in [6, 6.07) is 19.5. The first-order valence-corrected chi connectivity index (χ1v) is 15.0. The van der Waals surface area contributed by atoms with Crippen LogP contribution in [0, 0.1) is 33.6 Å². The van der Waals surface area contributed by atoms with Gasteiger partial charge >= 0.3 is 6.09 Å². The fourth-order valence-electron chi connectivity index (χ4n) is 5.66. The first-order chi connectivity index (χ1) is 20.2. The third-order valence-corrected chi connectivity index (χ3v) is 7.77. The van der Waals surface area contributed by atoms with Crippen LogP contribution in [-0.2, 0) is 20.7 Å². The molecule has 0 heterocycles. The first kappa shape index (κ1) is 31.8. The van der Waals surface area contributed by atoms with E-state index in [1.807, 2.05) is 88.4 Å². The van der Waals surface area contributed by atoms with Crippen molar-refractivity contribution in [1.82, 2.24) is 10.2 Å². The maximum Gasteiger partial charge on any atom is 0.408 e. The molecule has 0 radical (unpaired) electrons. The van der Waals surface area contributed by atoms with Crippen molar-refractivity contribution in [3.05, 3.63) is 100 Å². The number of benzene rings is 3. The molecule has 0 spiro atoms. The standard InChI is InChI=1S/C36H45N3O4/c1-22-17-23(2)19-28(18-22)32(33(40)38-31-24(3)13-12-14-25(31)4)39(30-20-26(30)5)34(41)29(21-27-15-10-9-11-16-27)37-35(42)43-36(6,7)8/h9-19,26,29-30,32H,20-21H2,1-8H3,(H,37,42)(H,38,40). The summed E-state index contributed by atoms with van der Waals surface area (Å²) in [6.07, 6.45) is 0.358. The second-order valence-corrected chi connectivity index (χ2v) is 13.0. The van der Waals surface area contributed by atoms with Crippen LogP contribution in [0.5, 0.6) is 0 Å². The zero-order chi connectivity index (χ0) is 31.5. The van der Waals surface area contributed by atoms with E-state index in [0.717, 1.165) is 45.5 Å². The molecule has 3 amide bonds. The smallest absolute Gasteiger partial charge is 0.408 e. The number of amides is 3. The van der Waals surface area contributed by atoms with Gasteiger partial charge in [0.05, 0.1) is 0 Å². The van der Waals surface area contributed by atoms with E-state index >= 15 is 0 Å². The van der Waals surface area contributed by atoms with Crippen molar-refractivity contribution >= 4 is 23.6 Å². The van der Waals surface area contributed by atoms with Gasteiger partial charge in [0.1, 0.15) is 17.7 Å². The molecule has 7 heteroatoms. The Hall–Kier alpha value is -4.13. The third kappa shape index (κ3) is 8.25. The lowest BCUT2D eigenvalue weighted by Gasteiger charge is -2.35. The number of aryl methyl sites for hydroxylation is 4. The van der Waals surface area contributed by atoms with Gasteiger partial charge in [-0.25, -0.2) is 4.79 Å². The molecule has 7 nitrogen and oxygen atoms in total. The quantitative estimate of drug-likeness (QED) is 0.285. The zero-order valence-corrected chi connectivity index (χ0v) is 26.7. The third-order valence-electron chi connectivity index (χ3n) is 7.77. The number of ether oxygens (including phenoxy) is 1. The van der Waals surface area contributed by atoms with Gasteiger partial charge in [-0.3, -0.25) is 9.59 Å². The van der Waals surface area contributed by atoms with E-state index in [4.69, 9.17) is 4.74 Å². The van der Waals surface area contributed by atoms with Gasteiger partial charge in [-0.15, -0.1) is 0 Å². The molecule has 4 rings (SSSR count). The monoisotopic (exact) mass is 583 g/mol. The van der Waals surface area contributed by atoms with Crippen molar-refractivity contribution in [2.75, 3.05) is 5.32 Å². The average Bonchev–Trinajstić information content (AvgIpc) is 3.63. The number of alkyl carbamates (subject to hydrolysis) is 1. The Morgan fingerprint density at radius 2 is 1.49 bits per heavy atom. The minimum Gasteiger partial charge on any atom is -0.444 e. The highest BCUT2D eigenvalue weighted by Crippen LogP contribution is 2.41. The van der Waals surface area contributed by atoms with Crippen molar-refractivity contribution in [3.63, 3.8) is 0 Å². The van der Waals surface area contributed by atoms with E-state index in [1.54, 1.807) is 25.7 Å². The fourth-order valence-corrected chi connectivity index (χ4v) is 5.66. The van der Waals surface area contributed by atoms with Crippen molar-refractivity contribution < 1.29 is 19.1 Å². The molecule has 43 heavy (non-hydrogen) atoms. The maximum atomic E-state index is 14.7. The lowest BCUT2D eigenvalue weighted by Crippen LogP contribution is -2.54. The van der Waals surface area contributed by atoms with Crippen LogP contribution in [0.3, 0.4) is 0 Å². The zero-order valence-electron chi connectivity index (χ0n) is 26.7. The number of nitrogens with one attached hydrogen (secondary N) is 2. The summed E-state index contributed by atoms with van der Waals surface area (Å²) in [5.74, 6) is -0.389. The highest BCUT2D eigenvalue weighted by molar-refractivity contribution is 6.00. The van der Waals surface area contributed by atoms with E-state index in [-0.39, 0.29) is 30.2 Å². The Morgan fingerprint density at radius 1 is 0.907 bits per heavy atom. The minimum atomic E-state index is -0.938. The Labute approximate surface area is 256 Å². The summed E-state index contributed by atoms with van der Waals surface area (Å²) in [6.45, 7) is 15.3. The van der Waals surface area contributed by atoms with Gasteiger partial charge in [-0.05, 0) is 83.1 Å². The number of hydrogen-bond acceptors (Lipinski definition) is 4. The number of carbonyl (C=O) groups excluding carboxylic acids is 3. The topological polar surface area (TPSA) is 87.7 Å². The Bertz CT molecular complexity index is 1440. The largest absolute Gasteiger partial charge is 0.444 e. The van der Waals surface area contributed by atoms with Crippen LogP contribution in [0.15, 0.2) is 66.7 Å². The Balaban J connectivity index is 1.79. The summed E-state index contributed by atoms with van der Waals surface area (Å²) in [7, 11) is 0. The van der Waals surface area contributed by atoms with Crippen LogP contribution in [0.25, 0.3) is 0 Å². The van der Waals surface area contributed by atoms with Crippen LogP contribution < -0.4 is 10.6 Å². The molecule has 1 fully saturated rings. The van der Waals surface area contributed by atoms with Gasteiger partial charge in [0.2, 0.25) is 5.91 Å². The number of carbonyl (C=O) groups is 3. The summed E-state index contributed by atoms with van der Waals surface area (Å²) in [5.41, 5.74) is 5.53. The second kappa shape index (κ2) is 13.0. The van der Waals surface area contributed by atoms with E-state index in [0.29, 0.717) is 0 Å². The normalized spacial score (nSPS) is 17.4. The lowest BCUT2D eigenvalue weighted by atomic mass is 9.96. The molecule has 228 valence electrons. The van der Waals surface area contributed by atoms with Crippen LogP contribution in [0.4, 0.5) is 10.5 Å². The van der Waals surface area contributed by atoms with Crippen molar-refractivity contribution in [2.45, 2.75) is 92.0 Å². The number of para-hydroxylation sites is 1. The second-order valence-electron chi connectivity index (χ2n) is 13.0. The highest BCUT2D eigenvalue weighted by atomic mass is 16.6. The summed E-state index contributed by atoms with van der Waals surface area (Å²) >= 11 is 0. The van der Waals surface area contributed by atoms with Crippen LogP contribution in [-0.4, -0.2) is 40.5 Å². The SMILES string of the molecule is Cc1cc(C)cc(C(C(=O)Nc2c(C)cccc2C)N(C(=O)C(Cc2ccccc2)NC(=O)OC(C)(C)C)C2CC2C)c1. The van der Waals surface area contributed by atoms with Crippen LogP contribution >= 0.6 is 0 Å². The molecular formula is C36H45N3O4. The van der Waals surface area contributed by atoms with Gasteiger partial charge < -0.3 is 20.3 Å². The molecule has 3 aromatic rings. The first-order valence-electron chi connectivity index (χ1n) is 15.0. The van der Waals surface area contributed by atoms with Gasteiger partial charge in [0, 0.05) is 18.2 Å². The molecule has 0 aromatic heterocycles. The summed E-state index contributed by atoms with van der Waals surface area (Å²) < 4.78 is 5.56. The predicted octanol–water partition coefficient (Wildman–Crippen LogP) is 6.97. The molecule has 2 N–H and O–H groups in total. The average molecular weight is 584 g/mol. The summed E-state index contributed by atoms with van der Waals surface area (Å²) in [4.78, 5) is 43.9. The Kier molecular flexibility index (Phi) is 9.63. The summed E-state index contributed by atoms with van der Waals surface area (Å²) in [5, 5.41) is 6.02. The molecule has 0 saturated heterocycles. The highest BCUT2D eigenvalue weighted by Gasteiger charge is 2.48. The molecule has 1 aliphatic rings. The molecular weight excluding hydrogens is 538 g/mol. The molecule has 1 aliphatic carbocycles. The van der Waals surface area contributed by atoms with Crippen LogP contribution in [0.2, 0.25) is 0 Å². The van der Waals surface area contributed by atoms with Crippen molar-refractivity contribution in [1.29, 1.82) is 0 Å². The molecule has 4 atom stereocenters. The van der Waals surface area contributed by atoms with Crippen molar-refractivity contribution in [3.8, 4) is 0 Å². The van der Waals surface area contributed by atoms with Gasteiger partial charge in [0.15, 0.2) is 0 Å². The van der Waals surface area contributed by atoms with Crippen molar-refractivity contribution in [2.24, 2.45) is 5.92 Å². The lowest BCUT2D eigenvalue weighted by molar-refractivity contribution is -0.141. The fraction of sp³-hybridized carbons (Fsp3) is 0.417. The molecule has 0 bridgehead atoms. The van der Waals surface area contributed by atoms with E-state index in [2.05, 4.69) is 23.6 Å². The minimum absolute atomic E-state index is 0.152. The molecule has 4 unspecified atom stereocenters. The van der Waals surface area contributed by atoms with E-state index in [1.165, 1.54) is 0 Å². The molecule has 1 saturated carbocycles. The Morgan fingerprint density at radius 3 is 2.02 bits per heavy atom. The van der Waals surface area contributed by atoms with Crippen LogP contribution in [0.1, 0.15) is 73.5 Å². The van der Waals surface area contributed by atoms with E-state index in [9.17, 15) is 14.4 Å². The van der Waals surface area contributed by atoms with Gasteiger partial charge in [-0.1, -0.05) is 84.8 Å². The molecule has 0 aliphatic heterocycles. The predicted molar refractivity (Wildman–Crippen MR) is 171 cm³/mol. The maximum absolute atomic E-state index is 14.7. The number of hydrogen-bond donors (Lipinski definition) is 2.